The second-order valence-corrected chi connectivity index (χ2v) is 4.58. The minimum absolute atomic E-state index is 0.0850. The molecule has 0 aliphatic carbocycles. The predicted molar refractivity (Wildman–Crippen MR) is 76.8 cm³/mol. The average Bonchev–Trinajstić information content (AvgIpc) is 2.44. The summed E-state index contributed by atoms with van der Waals surface area (Å²) >= 11 is 0. The number of nitrogens with zero attached hydrogens (tertiary/aromatic N) is 3. The first-order valence-corrected chi connectivity index (χ1v) is 6.50. The molecule has 1 rings (SSSR count). The molecule has 6 heteroatoms. The third-order valence-electron chi connectivity index (χ3n) is 2.75. The minimum atomic E-state index is -0.223. The van der Waals surface area contributed by atoms with Gasteiger partial charge in [0.1, 0.15) is 5.82 Å². The highest BCUT2D eigenvalue weighted by Crippen LogP contribution is 2.11. The van der Waals surface area contributed by atoms with Gasteiger partial charge in [0.2, 0.25) is 0 Å². The van der Waals surface area contributed by atoms with Crippen molar-refractivity contribution in [3.05, 3.63) is 23.9 Å². The van der Waals surface area contributed by atoms with Gasteiger partial charge in [-0.05, 0) is 19.1 Å². The fraction of sp³-hybridized carbons (Fsp3) is 0.500. The molecule has 0 unspecified atom stereocenters. The van der Waals surface area contributed by atoms with Gasteiger partial charge in [0.25, 0.3) is 5.91 Å². The van der Waals surface area contributed by atoms with Crippen LogP contribution < -0.4 is 4.90 Å². The van der Waals surface area contributed by atoms with E-state index in [0.29, 0.717) is 31.0 Å². The molecule has 0 bridgehead atoms. The van der Waals surface area contributed by atoms with E-state index < -0.39 is 0 Å². The third-order valence-corrected chi connectivity index (χ3v) is 2.75. The van der Waals surface area contributed by atoms with Crippen LogP contribution in [0.3, 0.4) is 0 Å². The van der Waals surface area contributed by atoms with E-state index >= 15 is 0 Å². The number of pyridine rings is 1. The van der Waals surface area contributed by atoms with Crippen molar-refractivity contribution in [3.63, 3.8) is 0 Å². The fourth-order valence-electron chi connectivity index (χ4n) is 1.60. The number of esters is 1. The maximum Gasteiger partial charge on any atom is 0.307 e. The molecule has 0 spiro atoms. The maximum absolute atomic E-state index is 11.7. The number of rotatable bonds is 6. The summed E-state index contributed by atoms with van der Waals surface area (Å²) < 4.78 is 4.87. The molecule has 20 heavy (non-hydrogen) atoms. The molecule has 1 heterocycles. The lowest BCUT2D eigenvalue weighted by Gasteiger charge is -2.18. The molecule has 6 nitrogen and oxygen atoms in total. The largest absolute Gasteiger partial charge is 0.466 e. The molecule has 0 atom stereocenters. The predicted octanol–water partition coefficient (Wildman–Crippen LogP) is 1.17. The van der Waals surface area contributed by atoms with E-state index in [2.05, 4.69) is 4.98 Å². The summed E-state index contributed by atoms with van der Waals surface area (Å²) in [6.45, 7) is 2.69. The van der Waals surface area contributed by atoms with Crippen LogP contribution in [0.25, 0.3) is 0 Å². The molecule has 0 radical (unpaired) electrons. The van der Waals surface area contributed by atoms with E-state index in [4.69, 9.17) is 4.74 Å². The second-order valence-electron chi connectivity index (χ2n) is 4.58. The zero-order valence-corrected chi connectivity index (χ0v) is 12.4. The Labute approximate surface area is 119 Å². The van der Waals surface area contributed by atoms with Crippen LogP contribution >= 0.6 is 0 Å². The molecule has 0 aromatic carbocycles. The Balaban J connectivity index is 2.59. The molecule has 0 N–H and O–H groups in total. The highest BCUT2D eigenvalue weighted by Gasteiger charge is 2.10. The number of anilines is 1. The van der Waals surface area contributed by atoms with Gasteiger partial charge in [-0.3, -0.25) is 9.59 Å². The summed E-state index contributed by atoms with van der Waals surface area (Å²) in [5, 5.41) is 0. The highest BCUT2D eigenvalue weighted by molar-refractivity contribution is 5.93. The van der Waals surface area contributed by atoms with Crippen molar-refractivity contribution in [2.45, 2.75) is 13.3 Å². The lowest BCUT2D eigenvalue weighted by atomic mass is 10.2. The summed E-state index contributed by atoms with van der Waals surface area (Å²) in [4.78, 5) is 30.6. The van der Waals surface area contributed by atoms with Crippen molar-refractivity contribution in [2.24, 2.45) is 0 Å². The van der Waals surface area contributed by atoms with E-state index in [1.54, 1.807) is 39.3 Å². The van der Waals surface area contributed by atoms with Gasteiger partial charge in [-0.1, -0.05) is 0 Å². The molecule has 0 aliphatic heterocycles. The summed E-state index contributed by atoms with van der Waals surface area (Å²) in [5.74, 6) is 0.404. The Hall–Kier alpha value is -2.11. The number of carbonyl (C=O) groups excluding carboxylic acids is 2. The minimum Gasteiger partial charge on any atom is -0.466 e. The standard InChI is InChI=1S/C14H21N3O3/c1-5-20-13(18)8-9-17(4)12-7-6-11(10-15-12)14(19)16(2)3/h6-7,10H,5,8-9H2,1-4H3. The first-order valence-electron chi connectivity index (χ1n) is 6.50. The fourth-order valence-corrected chi connectivity index (χ4v) is 1.60. The molecule has 1 aromatic rings. The lowest BCUT2D eigenvalue weighted by Crippen LogP contribution is -2.24. The second kappa shape index (κ2) is 7.47. The monoisotopic (exact) mass is 279 g/mol. The molecule has 0 saturated carbocycles. The van der Waals surface area contributed by atoms with Crippen LogP contribution in [-0.2, 0) is 9.53 Å². The van der Waals surface area contributed by atoms with Crippen LogP contribution in [-0.4, -0.2) is 56.1 Å². The molecular weight excluding hydrogens is 258 g/mol. The van der Waals surface area contributed by atoms with Crippen LogP contribution in [0.5, 0.6) is 0 Å². The zero-order valence-electron chi connectivity index (χ0n) is 12.4. The Morgan fingerprint density at radius 1 is 1.25 bits per heavy atom. The zero-order chi connectivity index (χ0) is 15.1. The molecule has 0 fully saturated rings. The molecule has 110 valence electrons. The summed E-state index contributed by atoms with van der Waals surface area (Å²) in [7, 11) is 5.23. The van der Waals surface area contributed by atoms with Crippen molar-refractivity contribution in [3.8, 4) is 0 Å². The molecule has 0 saturated heterocycles. The third kappa shape index (κ3) is 4.53. The number of hydrogen-bond donors (Lipinski definition) is 0. The van der Waals surface area contributed by atoms with E-state index in [-0.39, 0.29) is 11.9 Å². The van der Waals surface area contributed by atoms with Gasteiger partial charge < -0.3 is 14.5 Å². The first-order chi connectivity index (χ1) is 9.45. The van der Waals surface area contributed by atoms with Crippen molar-refractivity contribution in [1.29, 1.82) is 0 Å². The Morgan fingerprint density at radius 2 is 1.95 bits per heavy atom. The molecular formula is C14H21N3O3. The molecule has 0 aliphatic rings. The van der Waals surface area contributed by atoms with Gasteiger partial charge in [0.05, 0.1) is 18.6 Å². The normalized spacial score (nSPS) is 10.0. The van der Waals surface area contributed by atoms with Gasteiger partial charge in [-0.2, -0.15) is 0 Å². The van der Waals surface area contributed by atoms with E-state index in [0.717, 1.165) is 0 Å². The Bertz CT molecular complexity index is 457. The summed E-state index contributed by atoms with van der Waals surface area (Å²) in [5.41, 5.74) is 0.539. The Morgan fingerprint density at radius 3 is 2.45 bits per heavy atom. The molecule has 1 amide bonds. The van der Waals surface area contributed by atoms with Crippen molar-refractivity contribution in [2.75, 3.05) is 39.2 Å². The van der Waals surface area contributed by atoms with Crippen LogP contribution in [0.2, 0.25) is 0 Å². The van der Waals surface area contributed by atoms with Gasteiger partial charge in [0.15, 0.2) is 0 Å². The van der Waals surface area contributed by atoms with Crippen LogP contribution in [0.15, 0.2) is 18.3 Å². The van der Waals surface area contributed by atoms with Crippen molar-refractivity contribution < 1.29 is 14.3 Å². The lowest BCUT2D eigenvalue weighted by molar-refractivity contribution is -0.142. The Kier molecular flexibility index (Phi) is 5.96. The number of ether oxygens (including phenoxy) is 1. The van der Waals surface area contributed by atoms with Gasteiger partial charge in [-0.25, -0.2) is 4.98 Å². The summed E-state index contributed by atoms with van der Waals surface area (Å²) in [6.07, 6.45) is 1.85. The maximum atomic E-state index is 11.7. The smallest absolute Gasteiger partial charge is 0.307 e. The van der Waals surface area contributed by atoms with E-state index in [9.17, 15) is 9.59 Å². The number of aromatic nitrogens is 1. The first kappa shape index (κ1) is 15.9. The number of amides is 1. The number of carbonyl (C=O) groups is 2. The van der Waals surface area contributed by atoms with Gasteiger partial charge in [0, 0.05) is 33.9 Å². The van der Waals surface area contributed by atoms with Crippen molar-refractivity contribution >= 4 is 17.7 Å². The quantitative estimate of drug-likeness (QED) is 0.732. The van der Waals surface area contributed by atoms with E-state index in [1.165, 1.54) is 4.90 Å². The van der Waals surface area contributed by atoms with Crippen LogP contribution in [0.1, 0.15) is 23.7 Å². The van der Waals surface area contributed by atoms with Gasteiger partial charge >= 0.3 is 5.97 Å². The number of hydrogen-bond acceptors (Lipinski definition) is 5. The topological polar surface area (TPSA) is 62.7 Å². The molecule has 1 aromatic heterocycles. The van der Waals surface area contributed by atoms with Crippen molar-refractivity contribution in [1.82, 2.24) is 9.88 Å². The summed E-state index contributed by atoms with van der Waals surface area (Å²) in [6, 6.07) is 3.49. The van der Waals surface area contributed by atoms with Gasteiger partial charge in [-0.15, -0.1) is 0 Å². The van der Waals surface area contributed by atoms with Crippen LogP contribution in [0.4, 0.5) is 5.82 Å². The average molecular weight is 279 g/mol. The van der Waals surface area contributed by atoms with Crippen LogP contribution in [0, 0.1) is 0 Å². The highest BCUT2D eigenvalue weighted by atomic mass is 16.5. The SMILES string of the molecule is CCOC(=O)CCN(C)c1ccc(C(=O)N(C)C)cn1. The van der Waals surface area contributed by atoms with E-state index in [1.807, 2.05) is 11.9 Å².